The molecule has 0 spiro atoms. The van der Waals surface area contributed by atoms with E-state index in [0.717, 1.165) is 29.3 Å². The van der Waals surface area contributed by atoms with Crippen molar-refractivity contribution in [1.29, 1.82) is 0 Å². The van der Waals surface area contributed by atoms with Gasteiger partial charge >= 0.3 is 0 Å². The minimum atomic E-state index is -0.573. The van der Waals surface area contributed by atoms with Crippen LogP contribution >= 0.6 is 15.9 Å². The van der Waals surface area contributed by atoms with Crippen molar-refractivity contribution in [3.63, 3.8) is 0 Å². The molecule has 1 fully saturated rings. The SMILES string of the molecule is C[C@@H](O)c1ccc(Br)cc1OC1CCCC1O. The Labute approximate surface area is 110 Å². The van der Waals surface area contributed by atoms with Crippen molar-refractivity contribution >= 4 is 15.9 Å². The molecule has 2 unspecified atom stereocenters. The van der Waals surface area contributed by atoms with Crippen molar-refractivity contribution < 1.29 is 14.9 Å². The number of hydrogen-bond donors (Lipinski definition) is 2. The Hall–Kier alpha value is -0.580. The largest absolute Gasteiger partial charge is 0.487 e. The zero-order valence-corrected chi connectivity index (χ0v) is 11.4. The molecule has 2 N–H and O–H groups in total. The van der Waals surface area contributed by atoms with Crippen molar-refractivity contribution in [1.82, 2.24) is 0 Å². The summed E-state index contributed by atoms with van der Waals surface area (Å²) in [6.07, 6.45) is 1.54. The quantitative estimate of drug-likeness (QED) is 0.902. The van der Waals surface area contributed by atoms with Gasteiger partial charge in [-0.2, -0.15) is 0 Å². The van der Waals surface area contributed by atoms with Gasteiger partial charge in [-0.25, -0.2) is 0 Å². The number of aliphatic hydroxyl groups is 2. The molecular weight excluding hydrogens is 284 g/mol. The number of hydrogen-bond acceptors (Lipinski definition) is 3. The maximum absolute atomic E-state index is 9.75. The van der Waals surface area contributed by atoms with Crippen LogP contribution in [0.3, 0.4) is 0 Å². The fraction of sp³-hybridized carbons (Fsp3) is 0.538. The summed E-state index contributed by atoms with van der Waals surface area (Å²) in [7, 11) is 0. The van der Waals surface area contributed by atoms with Crippen LogP contribution in [0.25, 0.3) is 0 Å². The lowest BCUT2D eigenvalue weighted by atomic mass is 10.1. The summed E-state index contributed by atoms with van der Waals surface area (Å²) >= 11 is 3.39. The van der Waals surface area contributed by atoms with Gasteiger partial charge in [-0.05, 0) is 38.3 Å². The summed E-state index contributed by atoms with van der Waals surface area (Å²) in [5.74, 6) is 0.653. The van der Waals surface area contributed by atoms with Crippen LogP contribution in [0.15, 0.2) is 22.7 Å². The van der Waals surface area contributed by atoms with Gasteiger partial charge in [0.1, 0.15) is 11.9 Å². The lowest BCUT2D eigenvalue weighted by molar-refractivity contribution is 0.0577. The van der Waals surface area contributed by atoms with Crippen molar-refractivity contribution in [2.45, 2.75) is 44.5 Å². The molecule has 1 aromatic rings. The fourth-order valence-electron chi connectivity index (χ4n) is 2.16. The highest BCUT2D eigenvalue weighted by atomic mass is 79.9. The van der Waals surface area contributed by atoms with Gasteiger partial charge in [0.25, 0.3) is 0 Å². The molecule has 1 saturated carbocycles. The van der Waals surface area contributed by atoms with E-state index in [0.29, 0.717) is 5.75 Å². The van der Waals surface area contributed by atoms with E-state index >= 15 is 0 Å². The third-order valence-electron chi connectivity index (χ3n) is 3.12. The highest BCUT2D eigenvalue weighted by molar-refractivity contribution is 9.10. The lowest BCUT2D eigenvalue weighted by Crippen LogP contribution is -2.26. The van der Waals surface area contributed by atoms with E-state index in [4.69, 9.17) is 4.74 Å². The number of rotatable bonds is 3. The van der Waals surface area contributed by atoms with Crippen molar-refractivity contribution in [3.8, 4) is 5.75 Å². The first-order valence-electron chi connectivity index (χ1n) is 5.90. The molecule has 0 saturated heterocycles. The van der Waals surface area contributed by atoms with E-state index < -0.39 is 12.2 Å². The maximum atomic E-state index is 9.75. The summed E-state index contributed by atoms with van der Waals surface area (Å²) < 4.78 is 6.73. The minimum absolute atomic E-state index is 0.151. The van der Waals surface area contributed by atoms with Gasteiger partial charge in [-0.3, -0.25) is 0 Å². The number of aliphatic hydroxyl groups excluding tert-OH is 2. The second-order valence-electron chi connectivity index (χ2n) is 4.51. The molecule has 17 heavy (non-hydrogen) atoms. The van der Waals surface area contributed by atoms with Crippen LogP contribution in [0, 0.1) is 0 Å². The van der Waals surface area contributed by atoms with Crippen molar-refractivity contribution in [2.24, 2.45) is 0 Å². The molecule has 0 bridgehead atoms. The number of halogens is 1. The zero-order chi connectivity index (χ0) is 12.4. The Bertz CT molecular complexity index is 392. The van der Waals surface area contributed by atoms with Crippen LogP contribution in [-0.2, 0) is 0 Å². The Morgan fingerprint density at radius 3 is 2.76 bits per heavy atom. The average Bonchev–Trinajstić information content (AvgIpc) is 2.64. The normalized spacial score (nSPS) is 25.9. The standard InChI is InChI=1S/C13H17BrO3/c1-8(15)10-6-5-9(14)7-13(10)17-12-4-2-3-11(12)16/h5-8,11-12,15-16H,2-4H2,1H3/t8-,11?,12?/m1/s1. The Kier molecular flexibility index (Phi) is 4.07. The maximum Gasteiger partial charge on any atom is 0.126 e. The second kappa shape index (κ2) is 5.38. The molecular formula is C13H17BrO3. The summed E-state index contributed by atoms with van der Waals surface area (Å²) in [4.78, 5) is 0. The number of ether oxygens (including phenoxy) is 1. The molecule has 0 amide bonds. The molecule has 3 atom stereocenters. The van der Waals surface area contributed by atoms with Crippen LogP contribution in [0.2, 0.25) is 0 Å². The van der Waals surface area contributed by atoms with Crippen molar-refractivity contribution in [3.05, 3.63) is 28.2 Å². The topological polar surface area (TPSA) is 49.7 Å². The summed E-state index contributed by atoms with van der Waals surface area (Å²) in [6.45, 7) is 1.71. The van der Waals surface area contributed by atoms with E-state index in [2.05, 4.69) is 15.9 Å². The van der Waals surface area contributed by atoms with E-state index in [-0.39, 0.29) is 6.10 Å². The molecule has 94 valence electrons. The Balaban J connectivity index is 2.21. The molecule has 0 heterocycles. The monoisotopic (exact) mass is 300 g/mol. The molecule has 4 heteroatoms. The predicted molar refractivity (Wildman–Crippen MR) is 69.0 cm³/mol. The first kappa shape index (κ1) is 12.9. The third kappa shape index (κ3) is 3.00. The van der Waals surface area contributed by atoms with Gasteiger partial charge in [0.15, 0.2) is 0 Å². The van der Waals surface area contributed by atoms with E-state index in [1.54, 1.807) is 6.92 Å². The first-order valence-corrected chi connectivity index (χ1v) is 6.69. The molecule has 0 radical (unpaired) electrons. The zero-order valence-electron chi connectivity index (χ0n) is 9.77. The second-order valence-corrected chi connectivity index (χ2v) is 5.43. The summed E-state index contributed by atoms with van der Waals surface area (Å²) in [5.41, 5.74) is 0.757. The van der Waals surface area contributed by atoms with Gasteiger partial charge in [-0.1, -0.05) is 22.0 Å². The molecule has 2 rings (SSSR count). The van der Waals surface area contributed by atoms with Gasteiger partial charge in [-0.15, -0.1) is 0 Å². The minimum Gasteiger partial charge on any atom is -0.487 e. The van der Waals surface area contributed by atoms with Gasteiger partial charge in [0.05, 0.1) is 12.2 Å². The lowest BCUT2D eigenvalue weighted by Gasteiger charge is -2.20. The highest BCUT2D eigenvalue weighted by Gasteiger charge is 2.27. The van der Waals surface area contributed by atoms with Gasteiger partial charge in [0, 0.05) is 10.0 Å². The van der Waals surface area contributed by atoms with Crippen molar-refractivity contribution in [2.75, 3.05) is 0 Å². The predicted octanol–water partition coefficient (Wildman–Crippen LogP) is 2.79. The molecule has 3 nitrogen and oxygen atoms in total. The molecule has 0 aliphatic heterocycles. The van der Waals surface area contributed by atoms with E-state index in [1.165, 1.54) is 0 Å². The smallest absolute Gasteiger partial charge is 0.126 e. The molecule has 1 aliphatic rings. The van der Waals surface area contributed by atoms with Crippen LogP contribution in [0.5, 0.6) is 5.75 Å². The highest BCUT2D eigenvalue weighted by Crippen LogP contribution is 2.32. The van der Waals surface area contributed by atoms with E-state index in [1.807, 2.05) is 18.2 Å². The molecule has 1 aromatic carbocycles. The fourth-order valence-corrected chi connectivity index (χ4v) is 2.50. The van der Waals surface area contributed by atoms with E-state index in [9.17, 15) is 10.2 Å². The summed E-state index contributed by atoms with van der Waals surface area (Å²) in [5, 5.41) is 19.4. The van der Waals surface area contributed by atoms with Gasteiger partial charge < -0.3 is 14.9 Å². The molecule has 0 aromatic heterocycles. The average molecular weight is 301 g/mol. The van der Waals surface area contributed by atoms with Gasteiger partial charge in [0.2, 0.25) is 0 Å². The molecule has 1 aliphatic carbocycles. The third-order valence-corrected chi connectivity index (χ3v) is 3.61. The van der Waals surface area contributed by atoms with Crippen LogP contribution < -0.4 is 4.74 Å². The van der Waals surface area contributed by atoms with Crippen LogP contribution in [0.1, 0.15) is 37.9 Å². The van der Waals surface area contributed by atoms with Crippen LogP contribution in [0.4, 0.5) is 0 Å². The number of benzene rings is 1. The Morgan fingerprint density at radius 2 is 2.18 bits per heavy atom. The summed E-state index contributed by atoms with van der Waals surface area (Å²) in [6, 6.07) is 5.55. The Morgan fingerprint density at radius 1 is 1.41 bits per heavy atom. The van der Waals surface area contributed by atoms with Crippen LogP contribution in [-0.4, -0.2) is 22.4 Å². The first-order chi connectivity index (χ1) is 8.08.